The van der Waals surface area contributed by atoms with E-state index < -0.39 is 0 Å². The van der Waals surface area contributed by atoms with Gasteiger partial charge in [0, 0.05) is 17.5 Å². The summed E-state index contributed by atoms with van der Waals surface area (Å²) in [5, 5.41) is 6.77. The summed E-state index contributed by atoms with van der Waals surface area (Å²) >= 11 is 1.67. The van der Waals surface area contributed by atoms with Crippen LogP contribution >= 0.6 is 11.3 Å². The van der Waals surface area contributed by atoms with Crippen molar-refractivity contribution in [1.29, 1.82) is 0 Å². The number of hydrogen-bond acceptors (Lipinski definition) is 4. The van der Waals surface area contributed by atoms with E-state index in [-0.39, 0.29) is 0 Å². The molecule has 4 rings (SSSR count). The van der Waals surface area contributed by atoms with Crippen molar-refractivity contribution in [3.8, 4) is 22.3 Å². The van der Waals surface area contributed by atoms with Crippen molar-refractivity contribution in [2.45, 2.75) is 13.8 Å². The van der Waals surface area contributed by atoms with Crippen LogP contribution in [-0.4, -0.2) is 16.5 Å². The average Bonchev–Trinajstić information content (AvgIpc) is 3.12. The zero-order valence-electron chi connectivity index (χ0n) is 14.9. The summed E-state index contributed by atoms with van der Waals surface area (Å²) in [4.78, 5) is 9.96. The third kappa shape index (κ3) is 3.33. The van der Waals surface area contributed by atoms with E-state index in [1.165, 1.54) is 22.3 Å². The topological polar surface area (TPSA) is 37.8 Å². The van der Waals surface area contributed by atoms with Gasteiger partial charge in [-0.05, 0) is 22.6 Å². The molecule has 0 aliphatic rings. The average molecular weight is 359 g/mol. The maximum Gasteiger partial charge on any atom is 0.138 e. The Kier molecular flexibility index (Phi) is 4.67. The van der Waals surface area contributed by atoms with Gasteiger partial charge in [0.25, 0.3) is 0 Å². The molecule has 0 atom stereocenters. The Balaban J connectivity index is 1.72. The lowest BCUT2D eigenvalue weighted by molar-refractivity contribution is 0.687. The Morgan fingerprint density at radius 1 is 0.885 bits per heavy atom. The van der Waals surface area contributed by atoms with Crippen LogP contribution in [0.3, 0.4) is 0 Å². The van der Waals surface area contributed by atoms with E-state index in [0.717, 1.165) is 22.6 Å². The van der Waals surface area contributed by atoms with Gasteiger partial charge >= 0.3 is 0 Å². The third-order valence-electron chi connectivity index (χ3n) is 4.35. The van der Waals surface area contributed by atoms with Gasteiger partial charge in [-0.2, -0.15) is 0 Å². The van der Waals surface area contributed by atoms with Gasteiger partial charge in [-0.1, -0.05) is 68.4 Å². The van der Waals surface area contributed by atoms with Gasteiger partial charge in [0.2, 0.25) is 0 Å². The van der Waals surface area contributed by atoms with Crippen molar-refractivity contribution in [2.75, 3.05) is 11.9 Å². The number of benzene rings is 2. The molecule has 2 aromatic heterocycles. The van der Waals surface area contributed by atoms with Gasteiger partial charge in [0.1, 0.15) is 17.0 Å². The van der Waals surface area contributed by atoms with Crippen LogP contribution in [0, 0.1) is 5.92 Å². The van der Waals surface area contributed by atoms with Crippen LogP contribution in [-0.2, 0) is 0 Å². The number of hydrogen-bond donors (Lipinski definition) is 1. The van der Waals surface area contributed by atoms with Crippen LogP contribution < -0.4 is 5.32 Å². The molecule has 2 aromatic carbocycles. The maximum absolute atomic E-state index is 4.49. The summed E-state index contributed by atoms with van der Waals surface area (Å²) in [6.07, 6.45) is 1.64. The molecule has 0 amide bonds. The highest BCUT2D eigenvalue weighted by Gasteiger charge is 2.13. The lowest BCUT2D eigenvalue weighted by atomic mass is 10.0. The van der Waals surface area contributed by atoms with Gasteiger partial charge in [-0.3, -0.25) is 0 Å². The molecule has 0 fully saturated rings. The molecular weight excluding hydrogens is 338 g/mol. The molecule has 130 valence electrons. The summed E-state index contributed by atoms with van der Waals surface area (Å²) < 4.78 is 0. The van der Waals surface area contributed by atoms with Crippen LogP contribution in [0.5, 0.6) is 0 Å². The Bertz CT molecular complexity index is 1000. The molecule has 0 spiro atoms. The number of fused-ring (bicyclic) bond motifs is 1. The first kappa shape index (κ1) is 16.7. The Labute approximate surface area is 157 Å². The van der Waals surface area contributed by atoms with Crippen molar-refractivity contribution in [3.05, 3.63) is 66.3 Å². The first-order chi connectivity index (χ1) is 12.7. The molecule has 26 heavy (non-hydrogen) atoms. The Morgan fingerprint density at radius 2 is 1.58 bits per heavy atom. The number of nitrogens with zero attached hydrogens (tertiary/aromatic N) is 2. The van der Waals surface area contributed by atoms with Crippen molar-refractivity contribution in [3.63, 3.8) is 0 Å². The van der Waals surface area contributed by atoms with Gasteiger partial charge < -0.3 is 5.32 Å². The molecule has 0 aliphatic heterocycles. The molecule has 3 nitrogen and oxygen atoms in total. The van der Waals surface area contributed by atoms with Crippen LogP contribution in [0.15, 0.2) is 66.3 Å². The Hall–Kier alpha value is -2.72. The summed E-state index contributed by atoms with van der Waals surface area (Å²) in [5.41, 5.74) is 4.84. The molecule has 0 saturated carbocycles. The number of thiophene rings is 1. The fourth-order valence-electron chi connectivity index (χ4n) is 3.00. The van der Waals surface area contributed by atoms with Gasteiger partial charge in [0.15, 0.2) is 0 Å². The van der Waals surface area contributed by atoms with E-state index in [0.29, 0.717) is 5.92 Å². The van der Waals surface area contributed by atoms with E-state index >= 15 is 0 Å². The van der Waals surface area contributed by atoms with Crippen LogP contribution in [0.25, 0.3) is 32.5 Å². The first-order valence-electron chi connectivity index (χ1n) is 8.84. The molecule has 1 N–H and O–H groups in total. The highest BCUT2D eigenvalue weighted by molar-refractivity contribution is 7.17. The number of anilines is 1. The van der Waals surface area contributed by atoms with Crippen molar-refractivity contribution < 1.29 is 0 Å². The third-order valence-corrected chi connectivity index (χ3v) is 5.24. The summed E-state index contributed by atoms with van der Waals surface area (Å²) in [6.45, 7) is 5.29. The van der Waals surface area contributed by atoms with E-state index in [1.807, 2.05) is 6.07 Å². The molecule has 0 saturated heterocycles. The largest absolute Gasteiger partial charge is 0.369 e. The standard InChI is InChI=1S/C22H21N3S/c1-15(2)12-23-21-20-19(13-26-22(20)25-14-24-21)18-10-8-17(9-11-18)16-6-4-3-5-7-16/h3-11,13-15H,12H2,1-2H3,(H,23,24,25). The quantitative estimate of drug-likeness (QED) is 0.468. The molecule has 0 unspecified atom stereocenters. The second-order valence-corrected chi connectivity index (χ2v) is 7.63. The fourth-order valence-corrected chi connectivity index (χ4v) is 3.91. The van der Waals surface area contributed by atoms with Crippen LogP contribution in [0.2, 0.25) is 0 Å². The molecule has 4 heteroatoms. The van der Waals surface area contributed by atoms with Gasteiger partial charge in [-0.15, -0.1) is 11.3 Å². The lowest BCUT2D eigenvalue weighted by Crippen LogP contribution is -2.09. The highest BCUT2D eigenvalue weighted by atomic mass is 32.1. The van der Waals surface area contributed by atoms with E-state index in [2.05, 4.69) is 83.0 Å². The monoisotopic (exact) mass is 359 g/mol. The van der Waals surface area contributed by atoms with E-state index in [4.69, 9.17) is 0 Å². The minimum absolute atomic E-state index is 0.562. The zero-order valence-corrected chi connectivity index (χ0v) is 15.8. The second-order valence-electron chi connectivity index (χ2n) is 6.77. The highest BCUT2D eigenvalue weighted by Crippen LogP contribution is 2.37. The van der Waals surface area contributed by atoms with Gasteiger partial charge in [0.05, 0.1) is 5.39 Å². The van der Waals surface area contributed by atoms with Crippen molar-refractivity contribution in [1.82, 2.24) is 9.97 Å². The van der Waals surface area contributed by atoms with E-state index in [1.54, 1.807) is 17.7 Å². The smallest absolute Gasteiger partial charge is 0.138 e. The molecule has 4 aromatic rings. The van der Waals surface area contributed by atoms with Crippen molar-refractivity contribution >= 4 is 27.4 Å². The van der Waals surface area contributed by atoms with Gasteiger partial charge in [-0.25, -0.2) is 9.97 Å². The maximum atomic E-state index is 4.49. The predicted molar refractivity (Wildman–Crippen MR) is 112 cm³/mol. The minimum Gasteiger partial charge on any atom is -0.369 e. The van der Waals surface area contributed by atoms with Crippen LogP contribution in [0.4, 0.5) is 5.82 Å². The Morgan fingerprint density at radius 3 is 2.31 bits per heavy atom. The molecule has 2 heterocycles. The normalized spacial score (nSPS) is 11.2. The second kappa shape index (κ2) is 7.26. The molecular formula is C22H21N3S. The number of aromatic nitrogens is 2. The predicted octanol–water partition coefficient (Wildman–Crippen LogP) is 6.09. The SMILES string of the molecule is CC(C)CNc1ncnc2scc(-c3ccc(-c4ccccc4)cc3)c12. The zero-order chi connectivity index (χ0) is 17.9. The minimum atomic E-state index is 0.562. The summed E-state index contributed by atoms with van der Waals surface area (Å²) in [7, 11) is 0. The fraction of sp³-hybridized carbons (Fsp3) is 0.182. The number of nitrogens with one attached hydrogen (secondary N) is 1. The molecule has 0 aliphatic carbocycles. The lowest BCUT2D eigenvalue weighted by Gasteiger charge is -2.10. The summed E-state index contributed by atoms with van der Waals surface area (Å²) in [5.74, 6) is 1.49. The first-order valence-corrected chi connectivity index (χ1v) is 9.72. The van der Waals surface area contributed by atoms with Crippen molar-refractivity contribution in [2.24, 2.45) is 5.92 Å². The summed E-state index contributed by atoms with van der Waals surface area (Å²) in [6, 6.07) is 19.2. The van der Waals surface area contributed by atoms with E-state index in [9.17, 15) is 0 Å². The molecule has 0 radical (unpaired) electrons. The molecule has 0 bridgehead atoms. The van der Waals surface area contributed by atoms with Crippen LogP contribution in [0.1, 0.15) is 13.8 Å². The number of rotatable bonds is 5.